The van der Waals surface area contributed by atoms with Gasteiger partial charge in [0.25, 0.3) is 0 Å². The van der Waals surface area contributed by atoms with Crippen molar-refractivity contribution in [3.8, 4) is 0 Å². The van der Waals surface area contributed by atoms with Gasteiger partial charge in [0.05, 0.1) is 0 Å². The first-order valence-electron chi connectivity index (χ1n) is 8.16. The van der Waals surface area contributed by atoms with Gasteiger partial charge in [-0.25, -0.2) is 0 Å². The Hall–Kier alpha value is -2.64. The lowest BCUT2D eigenvalue weighted by Crippen LogP contribution is -2.21. The monoisotopic (exact) mass is 346 g/mol. The second-order valence-corrected chi connectivity index (χ2v) is 8.11. The van der Waals surface area contributed by atoms with Gasteiger partial charge in [-0.05, 0) is 0 Å². The summed E-state index contributed by atoms with van der Waals surface area (Å²) in [5.41, 5.74) is 1.60. The van der Waals surface area contributed by atoms with E-state index in [1.54, 1.807) is 12.1 Å². The molecule has 0 spiro atoms. The summed E-state index contributed by atoms with van der Waals surface area (Å²) in [6, 6.07) is 3.53. The molecule has 8 heteroatoms. The summed E-state index contributed by atoms with van der Waals surface area (Å²) in [6.07, 6.45) is -0.310. The molecule has 2 heterocycles. The van der Waals surface area contributed by atoms with Crippen LogP contribution >= 0.6 is 0 Å². The Balaban J connectivity index is 1.89. The summed E-state index contributed by atoms with van der Waals surface area (Å²) < 4.78 is 0. The molecule has 0 aliphatic rings. The highest BCUT2D eigenvalue weighted by Gasteiger charge is 2.19. The van der Waals surface area contributed by atoms with Crippen LogP contribution in [0.4, 0.5) is 11.6 Å². The van der Waals surface area contributed by atoms with Gasteiger partial charge in [0.1, 0.15) is 6.42 Å². The number of nitrogens with one attached hydrogen (secondary N) is 4. The third-order valence-corrected chi connectivity index (χ3v) is 3.63. The number of rotatable bonds is 4. The minimum absolute atomic E-state index is 0.0991. The van der Waals surface area contributed by atoms with Crippen LogP contribution in [0.15, 0.2) is 12.1 Å². The predicted molar refractivity (Wildman–Crippen MR) is 96.5 cm³/mol. The fourth-order valence-electron chi connectivity index (χ4n) is 2.06. The zero-order valence-corrected chi connectivity index (χ0v) is 15.6. The van der Waals surface area contributed by atoms with E-state index in [9.17, 15) is 9.59 Å². The van der Waals surface area contributed by atoms with Crippen molar-refractivity contribution in [3.63, 3.8) is 0 Å². The molecule has 0 saturated heterocycles. The van der Waals surface area contributed by atoms with Crippen LogP contribution in [0.5, 0.6) is 0 Å². The van der Waals surface area contributed by atoms with E-state index >= 15 is 0 Å². The van der Waals surface area contributed by atoms with Crippen molar-refractivity contribution in [2.75, 3.05) is 10.6 Å². The Morgan fingerprint density at radius 3 is 1.48 bits per heavy atom. The summed E-state index contributed by atoms with van der Waals surface area (Å²) in [5, 5.41) is 19.1. The largest absolute Gasteiger partial charge is 0.309 e. The normalized spacial score (nSPS) is 12.1. The van der Waals surface area contributed by atoms with Gasteiger partial charge >= 0.3 is 0 Å². The smallest absolute Gasteiger partial charge is 0.235 e. The van der Waals surface area contributed by atoms with E-state index in [1.165, 1.54) is 0 Å². The zero-order chi connectivity index (χ0) is 18.8. The first kappa shape index (κ1) is 18.7. The van der Waals surface area contributed by atoms with E-state index in [1.807, 2.05) is 41.5 Å². The van der Waals surface area contributed by atoms with Crippen molar-refractivity contribution in [3.05, 3.63) is 23.5 Å². The molecule has 4 N–H and O–H groups in total. The fraction of sp³-hybridized carbons (Fsp3) is 0.529. The highest BCUT2D eigenvalue weighted by molar-refractivity contribution is 6.07. The molecule has 8 nitrogen and oxygen atoms in total. The second kappa shape index (κ2) is 6.70. The molecule has 0 atom stereocenters. The van der Waals surface area contributed by atoms with Crippen molar-refractivity contribution < 1.29 is 9.59 Å². The summed E-state index contributed by atoms with van der Waals surface area (Å²) >= 11 is 0. The molecule has 2 amide bonds. The Bertz CT molecular complexity index is 696. The van der Waals surface area contributed by atoms with Gasteiger partial charge in [-0.2, -0.15) is 10.2 Å². The second-order valence-electron chi connectivity index (χ2n) is 8.11. The quantitative estimate of drug-likeness (QED) is 0.637. The number of carbonyl (C=O) groups is 2. The standard InChI is InChI=1S/C17H26N6O2/c1-16(2,3)10-7-12(22-20-10)18-14(24)9-15(25)19-13-8-11(21-23-13)17(4,5)6/h7-8H,9H2,1-6H3,(H2,18,20,22,24)(H2,19,21,23,25). The van der Waals surface area contributed by atoms with Gasteiger partial charge in [-0.3, -0.25) is 19.8 Å². The van der Waals surface area contributed by atoms with E-state index in [2.05, 4.69) is 31.0 Å². The molecule has 2 aromatic heterocycles. The van der Waals surface area contributed by atoms with Crippen molar-refractivity contribution in [2.24, 2.45) is 0 Å². The third-order valence-electron chi connectivity index (χ3n) is 3.63. The maximum absolute atomic E-state index is 12.0. The predicted octanol–water partition coefficient (Wildman–Crippen LogP) is 2.70. The van der Waals surface area contributed by atoms with E-state index in [0.717, 1.165) is 11.4 Å². The van der Waals surface area contributed by atoms with Crippen molar-refractivity contribution >= 4 is 23.5 Å². The number of amides is 2. The van der Waals surface area contributed by atoms with Gasteiger partial charge < -0.3 is 10.6 Å². The molecule has 0 unspecified atom stereocenters. The van der Waals surface area contributed by atoms with E-state index in [-0.39, 0.29) is 17.3 Å². The van der Waals surface area contributed by atoms with Gasteiger partial charge in [-0.15, -0.1) is 0 Å². The summed E-state index contributed by atoms with van der Waals surface area (Å²) in [6.45, 7) is 12.2. The van der Waals surface area contributed by atoms with Gasteiger partial charge in [0, 0.05) is 34.4 Å². The van der Waals surface area contributed by atoms with Crippen molar-refractivity contribution in [1.29, 1.82) is 0 Å². The maximum atomic E-state index is 12.0. The molecule has 0 saturated carbocycles. The minimum atomic E-state index is -0.434. The average molecular weight is 346 g/mol. The molecule has 25 heavy (non-hydrogen) atoms. The topological polar surface area (TPSA) is 116 Å². The van der Waals surface area contributed by atoms with E-state index < -0.39 is 11.8 Å². The third kappa shape index (κ3) is 5.17. The van der Waals surface area contributed by atoms with Gasteiger partial charge in [-0.1, -0.05) is 41.5 Å². The minimum Gasteiger partial charge on any atom is -0.309 e. The van der Waals surface area contributed by atoms with Crippen LogP contribution in [0.1, 0.15) is 59.4 Å². The number of aromatic amines is 2. The lowest BCUT2D eigenvalue weighted by atomic mass is 9.92. The van der Waals surface area contributed by atoms with Gasteiger partial charge in [0.2, 0.25) is 11.8 Å². The highest BCUT2D eigenvalue weighted by Crippen LogP contribution is 2.23. The number of anilines is 2. The molecule has 0 fully saturated rings. The molecular weight excluding hydrogens is 320 g/mol. The Labute approximate surface area is 147 Å². The van der Waals surface area contributed by atoms with Crippen molar-refractivity contribution in [1.82, 2.24) is 20.4 Å². The fourth-order valence-corrected chi connectivity index (χ4v) is 2.06. The van der Waals surface area contributed by atoms with Crippen LogP contribution in [0.2, 0.25) is 0 Å². The van der Waals surface area contributed by atoms with Crippen molar-refractivity contribution in [2.45, 2.75) is 58.8 Å². The molecule has 0 aromatic carbocycles. The number of aromatic nitrogens is 4. The molecule has 2 aromatic rings. The molecule has 2 rings (SSSR count). The number of hydrogen-bond acceptors (Lipinski definition) is 4. The molecule has 0 radical (unpaired) electrons. The van der Waals surface area contributed by atoms with Crippen LogP contribution in [0.25, 0.3) is 0 Å². The van der Waals surface area contributed by atoms with Gasteiger partial charge in [0.15, 0.2) is 11.6 Å². The summed E-state index contributed by atoms with van der Waals surface area (Å²) in [4.78, 5) is 24.0. The molecule has 0 bridgehead atoms. The van der Waals surface area contributed by atoms with Crippen LogP contribution in [-0.2, 0) is 20.4 Å². The first-order valence-corrected chi connectivity index (χ1v) is 8.16. The SMILES string of the molecule is CC(C)(C)c1cc(NC(=O)CC(=O)Nc2cc(C(C)(C)C)[nH]n2)n[nH]1. The molecule has 0 aliphatic heterocycles. The highest BCUT2D eigenvalue weighted by atomic mass is 16.2. The molecular formula is C17H26N6O2. The van der Waals surface area contributed by atoms with E-state index in [0.29, 0.717) is 11.6 Å². The van der Waals surface area contributed by atoms with Crippen LogP contribution in [-0.4, -0.2) is 32.2 Å². The Morgan fingerprint density at radius 2 is 1.20 bits per heavy atom. The Kier molecular flexibility index (Phi) is 5.01. The maximum Gasteiger partial charge on any atom is 0.235 e. The first-order chi connectivity index (χ1) is 11.4. The lowest BCUT2D eigenvalue weighted by Gasteiger charge is -2.14. The van der Waals surface area contributed by atoms with Crippen LogP contribution < -0.4 is 10.6 Å². The zero-order valence-electron chi connectivity index (χ0n) is 15.6. The average Bonchev–Trinajstić information content (AvgIpc) is 3.06. The summed E-state index contributed by atoms with van der Waals surface area (Å²) in [5.74, 6) is -0.0675. The number of nitrogens with zero attached hydrogens (tertiary/aromatic N) is 2. The van der Waals surface area contributed by atoms with Crippen LogP contribution in [0, 0.1) is 0 Å². The number of carbonyl (C=O) groups excluding carboxylic acids is 2. The summed E-state index contributed by atoms with van der Waals surface area (Å²) in [7, 11) is 0. The van der Waals surface area contributed by atoms with E-state index in [4.69, 9.17) is 0 Å². The Morgan fingerprint density at radius 1 is 0.840 bits per heavy atom. The molecule has 136 valence electrons. The number of H-pyrrole nitrogens is 2. The molecule has 0 aliphatic carbocycles. The van der Waals surface area contributed by atoms with Crippen LogP contribution in [0.3, 0.4) is 0 Å². The number of hydrogen-bond donors (Lipinski definition) is 4. The lowest BCUT2D eigenvalue weighted by molar-refractivity contribution is -0.123.